The van der Waals surface area contributed by atoms with Crippen LogP contribution in [-0.2, 0) is 6.54 Å². The number of benzene rings is 2. The Kier molecular flexibility index (Phi) is 3.89. The van der Waals surface area contributed by atoms with Crippen molar-refractivity contribution in [2.75, 3.05) is 0 Å². The van der Waals surface area contributed by atoms with Gasteiger partial charge in [0.15, 0.2) is 11.2 Å². The number of hydrogen-bond donors (Lipinski definition) is 0. The van der Waals surface area contributed by atoms with Crippen LogP contribution in [0.4, 0.5) is 4.39 Å². The van der Waals surface area contributed by atoms with Crippen LogP contribution in [0, 0.1) is 5.82 Å². The van der Waals surface area contributed by atoms with Crippen LogP contribution in [0.2, 0.25) is 0 Å². The molecule has 0 fully saturated rings. The molecule has 0 aliphatic carbocycles. The van der Waals surface area contributed by atoms with Crippen LogP contribution in [0.15, 0.2) is 64.1 Å². The Morgan fingerprint density at radius 3 is 2.68 bits per heavy atom. The molecule has 0 radical (unpaired) electrons. The lowest BCUT2D eigenvalue weighted by Crippen LogP contribution is -2.21. The molecule has 8 heteroatoms. The predicted molar refractivity (Wildman–Crippen MR) is 94.1 cm³/mol. The maximum Gasteiger partial charge on any atom is 0.283 e. The highest BCUT2D eigenvalue weighted by molar-refractivity contribution is 9.10. The fourth-order valence-corrected chi connectivity index (χ4v) is 2.81. The Hall–Kier alpha value is -2.87. The molecule has 4 aromatic rings. The van der Waals surface area contributed by atoms with E-state index in [4.69, 9.17) is 0 Å². The van der Waals surface area contributed by atoms with E-state index in [0.29, 0.717) is 11.2 Å². The lowest BCUT2D eigenvalue weighted by atomic mass is 10.2. The third kappa shape index (κ3) is 2.96. The lowest BCUT2D eigenvalue weighted by molar-refractivity contribution is 0.622. The monoisotopic (exact) mass is 399 g/mol. The highest BCUT2D eigenvalue weighted by Crippen LogP contribution is 2.16. The third-order valence-electron chi connectivity index (χ3n) is 3.74. The molecule has 0 saturated carbocycles. The number of halogens is 2. The standard InChI is InChI=1S/C17H11BrFN5O/c18-12-4-6-14(7-5-12)24-16-15(21-22-24)17(25)23(10-20-16)9-11-2-1-3-13(19)8-11/h1-8,10H,9H2. The minimum atomic E-state index is -0.347. The van der Waals surface area contributed by atoms with Gasteiger partial charge in [0.05, 0.1) is 12.2 Å². The van der Waals surface area contributed by atoms with Gasteiger partial charge in [0.2, 0.25) is 0 Å². The summed E-state index contributed by atoms with van der Waals surface area (Å²) < 4.78 is 17.1. The van der Waals surface area contributed by atoms with E-state index < -0.39 is 0 Å². The summed E-state index contributed by atoms with van der Waals surface area (Å²) in [6.45, 7) is 0.213. The Morgan fingerprint density at radius 2 is 1.92 bits per heavy atom. The van der Waals surface area contributed by atoms with Crippen LogP contribution in [0.1, 0.15) is 5.56 Å². The van der Waals surface area contributed by atoms with Crippen LogP contribution >= 0.6 is 15.9 Å². The first-order valence-corrected chi connectivity index (χ1v) is 8.22. The number of hydrogen-bond acceptors (Lipinski definition) is 4. The first kappa shape index (κ1) is 15.6. The van der Waals surface area contributed by atoms with E-state index in [9.17, 15) is 9.18 Å². The molecule has 4 rings (SSSR count). The van der Waals surface area contributed by atoms with Crippen LogP contribution in [0.5, 0.6) is 0 Å². The highest BCUT2D eigenvalue weighted by Gasteiger charge is 2.13. The Labute approximate surface area is 149 Å². The molecule has 0 spiro atoms. The molecule has 2 heterocycles. The molecule has 2 aromatic carbocycles. The maximum atomic E-state index is 13.3. The van der Waals surface area contributed by atoms with E-state index >= 15 is 0 Å². The van der Waals surface area contributed by atoms with E-state index in [-0.39, 0.29) is 23.4 Å². The zero-order chi connectivity index (χ0) is 17.4. The number of rotatable bonds is 3. The SMILES string of the molecule is O=c1c2nnn(-c3ccc(Br)cc3)c2ncn1Cc1cccc(F)c1. The molecule has 0 N–H and O–H groups in total. The number of aromatic nitrogens is 5. The second-order valence-corrected chi connectivity index (χ2v) is 6.37. The second-order valence-electron chi connectivity index (χ2n) is 5.46. The fourth-order valence-electron chi connectivity index (χ4n) is 2.54. The van der Waals surface area contributed by atoms with Gasteiger partial charge in [-0.15, -0.1) is 5.10 Å². The third-order valence-corrected chi connectivity index (χ3v) is 4.27. The van der Waals surface area contributed by atoms with Crippen molar-refractivity contribution in [2.24, 2.45) is 0 Å². The summed E-state index contributed by atoms with van der Waals surface area (Å²) in [5.74, 6) is -0.347. The van der Waals surface area contributed by atoms with Gasteiger partial charge in [-0.2, -0.15) is 4.68 Å². The van der Waals surface area contributed by atoms with Crippen LogP contribution in [0.25, 0.3) is 16.9 Å². The largest absolute Gasteiger partial charge is 0.293 e. The van der Waals surface area contributed by atoms with Crippen molar-refractivity contribution in [1.29, 1.82) is 0 Å². The van der Waals surface area contributed by atoms with Gasteiger partial charge in [0, 0.05) is 4.47 Å². The van der Waals surface area contributed by atoms with Crippen molar-refractivity contribution in [3.8, 4) is 5.69 Å². The van der Waals surface area contributed by atoms with Gasteiger partial charge < -0.3 is 0 Å². The molecule has 0 bridgehead atoms. The van der Waals surface area contributed by atoms with Gasteiger partial charge in [-0.3, -0.25) is 9.36 Å². The van der Waals surface area contributed by atoms with Crippen molar-refractivity contribution in [2.45, 2.75) is 6.54 Å². The average molecular weight is 400 g/mol. The molecule has 124 valence electrons. The van der Waals surface area contributed by atoms with Crippen molar-refractivity contribution in [3.05, 3.63) is 81.1 Å². The minimum Gasteiger partial charge on any atom is -0.293 e. The van der Waals surface area contributed by atoms with Crippen molar-refractivity contribution >= 4 is 27.1 Å². The summed E-state index contributed by atoms with van der Waals surface area (Å²) in [6.07, 6.45) is 1.42. The lowest BCUT2D eigenvalue weighted by Gasteiger charge is -2.06. The molecule has 0 saturated heterocycles. The molecule has 25 heavy (non-hydrogen) atoms. The molecule has 0 amide bonds. The molecule has 0 atom stereocenters. The molecule has 0 aliphatic rings. The molecular weight excluding hydrogens is 389 g/mol. The molecule has 2 aromatic heterocycles. The zero-order valence-corrected chi connectivity index (χ0v) is 14.4. The van der Waals surface area contributed by atoms with Gasteiger partial charge >= 0.3 is 0 Å². The second kappa shape index (κ2) is 6.21. The predicted octanol–water partition coefficient (Wildman–Crippen LogP) is 2.93. The first-order valence-electron chi connectivity index (χ1n) is 7.43. The number of nitrogens with zero attached hydrogens (tertiary/aromatic N) is 5. The van der Waals surface area contributed by atoms with Gasteiger partial charge in [-0.05, 0) is 42.0 Å². The van der Waals surface area contributed by atoms with Crippen LogP contribution in [-0.4, -0.2) is 24.5 Å². The summed E-state index contributed by atoms with van der Waals surface area (Å²) in [5.41, 5.74) is 1.64. The highest BCUT2D eigenvalue weighted by atomic mass is 79.9. The zero-order valence-electron chi connectivity index (χ0n) is 12.8. The van der Waals surface area contributed by atoms with E-state index in [1.54, 1.807) is 12.1 Å². The fraction of sp³-hybridized carbons (Fsp3) is 0.0588. The van der Waals surface area contributed by atoms with E-state index in [0.717, 1.165) is 10.2 Å². The van der Waals surface area contributed by atoms with Crippen molar-refractivity contribution < 1.29 is 4.39 Å². The summed E-state index contributed by atoms with van der Waals surface area (Å²) >= 11 is 3.38. The van der Waals surface area contributed by atoms with Gasteiger partial charge in [0.25, 0.3) is 5.56 Å². The van der Waals surface area contributed by atoms with Crippen LogP contribution < -0.4 is 5.56 Å². The minimum absolute atomic E-state index is 0.168. The average Bonchev–Trinajstić information content (AvgIpc) is 3.03. The summed E-state index contributed by atoms with van der Waals surface area (Å²) in [5, 5.41) is 8.00. The summed E-state index contributed by atoms with van der Waals surface area (Å²) in [4.78, 5) is 16.9. The van der Waals surface area contributed by atoms with Crippen LogP contribution in [0.3, 0.4) is 0 Å². The van der Waals surface area contributed by atoms with E-state index in [2.05, 4.69) is 31.2 Å². The normalized spacial score (nSPS) is 11.1. The number of fused-ring (bicyclic) bond motifs is 1. The van der Waals surface area contributed by atoms with E-state index in [1.165, 1.54) is 27.7 Å². The first-order chi connectivity index (χ1) is 12.1. The van der Waals surface area contributed by atoms with Gasteiger partial charge in [-0.25, -0.2) is 9.37 Å². The molecule has 0 aliphatic heterocycles. The Balaban J connectivity index is 1.77. The summed E-state index contributed by atoms with van der Waals surface area (Å²) in [7, 11) is 0. The van der Waals surface area contributed by atoms with Crippen molar-refractivity contribution in [3.63, 3.8) is 0 Å². The topological polar surface area (TPSA) is 65.6 Å². The Bertz CT molecular complexity index is 1120. The van der Waals surface area contributed by atoms with Gasteiger partial charge in [-0.1, -0.05) is 33.3 Å². The quantitative estimate of drug-likeness (QED) is 0.531. The van der Waals surface area contributed by atoms with E-state index in [1.807, 2.05) is 24.3 Å². The summed E-state index contributed by atoms with van der Waals surface area (Å²) in [6, 6.07) is 13.5. The molecule has 0 unspecified atom stereocenters. The maximum absolute atomic E-state index is 13.3. The van der Waals surface area contributed by atoms with Crippen molar-refractivity contribution in [1.82, 2.24) is 24.5 Å². The Morgan fingerprint density at radius 1 is 1.12 bits per heavy atom. The smallest absolute Gasteiger partial charge is 0.283 e. The molecular formula is C17H11BrFN5O. The van der Waals surface area contributed by atoms with Gasteiger partial charge in [0.1, 0.15) is 12.1 Å². The molecule has 6 nitrogen and oxygen atoms in total.